The van der Waals surface area contributed by atoms with E-state index in [1.165, 1.54) is 0 Å². The second-order valence-electron chi connectivity index (χ2n) is 5.18. The number of aromatic nitrogens is 2. The molecule has 0 bridgehead atoms. The normalized spacial score (nSPS) is 27.3. The van der Waals surface area contributed by atoms with Crippen LogP contribution in [-0.2, 0) is 10.3 Å². The third-order valence-electron chi connectivity index (χ3n) is 4.09. The van der Waals surface area contributed by atoms with Crippen molar-refractivity contribution < 1.29 is 4.74 Å². The highest BCUT2D eigenvalue weighted by Crippen LogP contribution is 2.39. The first-order valence-electron chi connectivity index (χ1n) is 6.18. The summed E-state index contributed by atoms with van der Waals surface area (Å²) in [6.45, 7) is 4.90. The summed E-state index contributed by atoms with van der Waals surface area (Å²) < 4.78 is 7.70. The second kappa shape index (κ2) is 4.27. The Kier molecular flexibility index (Phi) is 2.93. The summed E-state index contributed by atoms with van der Waals surface area (Å²) in [6.07, 6.45) is 0.964. The van der Waals surface area contributed by atoms with Crippen molar-refractivity contribution in [2.45, 2.75) is 31.9 Å². The minimum absolute atomic E-state index is 0.0710. The number of rotatable bonds is 1. The van der Waals surface area contributed by atoms with Crippen LogP contribution in [0.25, 0.3) is 11.0 Å². The van der Waals surface area contributed by atoms with Crippen LogP contribution in [0.4, 0.5) is 5.95 Å². The second-order valence-corrected chi connectivity index (χ2v) is 6.00. The third-order valence-corrected chi connectivity index (χ3v) is 4.81. The van der Waals surface area contributed by atoms with Gasteiger partial charge in [-0.25, -0.2) is 4.98 Å². The van der Waals surface area contributed by atoms with Crippen molar-refractivity contribution in [3.63, 3.8) is 0 Å². The average Bonchev–Trinajstić information content (AvgIpc) is 2.81. The highest BCUT2D eigenvalue weighted by atomic mass is 35.5. The Morgan fingerprint density at radius 3 is 2.74 bits per heavy atom. The molecule has 102 valence electrons. The predicted molar refractivity (Wildman–Crippen MR) is 77.8 cm³/mol. The summed E-state index contributed by atoms with van der Waals surface area (Å²) >= 11 is 12.1. The Labute approximate surface area is 121 Å². The maximum atomic E-state index is 6.11. The molecule has 1 aliphatic rings. The van der Waals surface area contributed by atoms with Crippen molar-refractivity contribution >= 4 is 40.2 Å². The lowest BCUT2D eigenvalue weighted by Crippen LogP contribution is -2.37. The first kappa shape index (κ1) is 13.0. The number of benzene rings is 1. The van der Waals surface area contributed by atoms with Crippen LogP contribution in [0.15, 0.2) is 12.1 Å². The molecule has 0 saturated carbocycles. The molecule has 19 heavy (non-hydrogen) atoms. The van der Waals surface area contributed by atoms with Crippen molar-refractivity contribution in [1.82, 2.24) is 9.55 Å². The molecule has 1 aliphatic heterocycles. The largest absolute Gasteiger partial charge is 0.376 e. The number of ether oxygens (including phenoxy) is 1. The molecule has 1 aromatic heterocycles. The van der Waals surface area contributed by atoms with Gasteiger partial charge in [-0.1, -0.05) is 23.2 Å². The molecule has 6 heteroatoms. The monoisotopic (exact) mass is 299 g/mol. The number of nitrogen functional groups attached to an aromatic ring is 1. The maximum absolute atomic E-state index is 6.11. The van der Waals surface area contributed by atoms with Gasteiger partial charge < -0.3 is 15.0 Å². The minimum atomic E-state index is -0.212. The number of halogens is 2. The topological polar surface area (TPSA) is 53.1 Å². The number of nitrogens with zero attached hydrogens (tertiary/aromatic N) is 2. The van der Waals surface area contributed by atoms with Gasteiger partial charge in [0.05, 0.1) is 32.7 Å². The van der Waals surface area contributed by atoms with Crippen molar-refractivity contribution in [3.8, 4) is 0 Å². The van der Waals surface area contributed by atoms with Crippen LogP contribution in [0.5, 0.6) is 0 Å². The van der Waals surface area contributed by atoms with Crippen molar-refractivity contribution in [1.29, 1.82) is 0 Å². The lowest BCUT2D eigenvalue weighted by Gasteiger charge is -2.31. The summed E-state index contributed by atoms with van der Waals surface area (Å²) in [5.41, 5.74) is 7.53. The van der Waals surface area contributed by atoms with Crippen LogP contribution in [0.1, 0.15) is 20.3 Å². The summed E-state index contributed by atoms with van der Waals surface area (Å²) in [4.78, 5) is 4.38. The van der Waals surface area contributed by atoms with Crippen LogP contribution in [0.3, 0.4) is 0 Å². The zero-order valence-electron chi connectivity index (χ0n) is 10.8. The van der Waals surface area contributed by atoms with Gasteiger partial charge in [-0.2, -0.15) is 0 Å². The van der Waals surface area contributed by atoms with Gasteiger partial charge in [0, 0.05) is 6.61 Å². The standard InChI is InChI=1S/C13H15Cl2N3O/c1-7-13(2,3-4-19-7)18-11-6-9(15)8(14)5-10(11)17-12(18)16/h5-7H,3-4H2,1-2H3,(H2,16,17). The van der Waals surface area contributed by atoms with Crippen molar-refractivity contribution in [3.05, 3.63) is 22.2 Å². The molecule has 2 atom stereocenters. The molecule has 0 amide bonds. The fourth-order valence-corrected chi connectivity index (χ4v) is 3.06. The highest BCUT2D eigenvalue weighted by Gasteiger charge is 2.41. The molecule has 3 rings (SSSR count). The smallest absolute Gasteiger partial charge is 0.201 e. The Hall–Kier alpha value is -0.970. The third kappa shape index (κ3) is 1.82. The molecule has 0 aliphatic carbocycles. The Balaban J connectivity index is 2.29. The van der Waals surface area contributed by atoms with E-state index in [0.717, 1.165) is 24.1 Å². The number of imidazole rings is 1. The molecule has 2 heterocycles. The number of hydrogen-bond donors (Lipinski definition) is 1. The zero-order chi connectivity index (χ0) is 13.8. The Morgan fingerprint density at radius 2 is 2.11 bits per heavy atom. The van der Waals surface area contributed by atoms with E-state index >= 15 is 0 Å². The van der Waals surface area contributed by atoms with Gasteiger partial charge in [0.1, 0.15) is 0 Å². The van der Waals surface area contributed by atoms with Gasteiger partial charge in [-0.3, -0.25) is 0 Å². The molecule has 2 unspecified atom stereocenters. The van der Waals surface area contributed by atoms with E-state index in [9.17, 15) is 0 Å². The fourth-order valence-electron chi connectivity index (χ4n) is 2.75. The van der Waals surface area contributed by atoms with Crippen molar-refractivity contribution in [2.75, 3.05) is 12.3 Å². The molecule has 2 aromatic rings. The fraction of sp³-hybridized carbons (Fsp3) is 0.462. The molecule has 0 spiro atoms. The summed E-state index contributed by atoms with van der Waals surface area (Å²) in [6, 6.07) is 3.56. The van der Waals surface area contributed by atoms with Crippen LogP contribution in [0.2, 0.25) is 10.0 Å². The van der Waals surface area contributed by atoms with Crippen LogP contribution < -0.4 is 5.73 Å². The van der Waals surface area contributed by atoms with E-state index in [1.54, 1.807) is 6.07 Å². The van der Waals surface area contributed by atoms with Gasteiger partial charge in [-0.05, 0) is 32.4 Å². The average molecular weight is 300 g/mol. The van der Waals surface area contributed by atoms with Crippen LogP contribution in [-0.4, -0.2) is 22.3 Å². The minimum Gasteiger partial charge on any atom is -0.376 e. The summed E-state index contributed by atoms with van der Waals surface area (Å²) in [5, 5.41) is 0.991. The number of anilines is 1. The van der Waals surface area contributed by atoms with Gasteiger partial charge in [0.15, 0.2) is 0 Å². The quantitative estimate of drug-likeness (QED) is 0.877. The molecule has 1 fully saturated rings. The van der Waals surface area contributed by atoms with E-state index in [4.69, 9.17) is 33.7 Å². The van der Waals surface area contributed by atoms with E-state index < -0.39 is 0 Å². The van der Waals surface area contributed by atoms with Gasteiger partial charge in [0.2, 0.25) is 5.95 Å². The molecule has 2 N–H and O–H groups in total. The highest BCUT2D eigenvalue weighted by molar-refractivity contribution is 6.42. The van der Waals surface area contributed by atoms with E-state index in [0.29, 0.717) is 16.0 Å². The van der Waals surface area contributed by atoms with Gasteiger partial charge in [-0.15, -0.1) is 0 Å². The molecule has 0 radical (unpaired) electrons. The van der Waals surface area contributed by atoms with Gasteiger partial charge >= 0.3 is 0 Å². The zero-order valence-corrected chi connectivity index (χ0v) is 12.3. The van der Waals surface area contributed by atoms with Crippen molar-refractivity contribution in [2.24, 2.45) is 0 Å². The predicted octanol–water partition coefficient (Wildman–Crippen LogP) is 3.45. The first-order chi connectivity index (χ1) is 8.93. The number of nitrogens with two attached hydrogens (primary N) is 1. The Bertz CT molecular complexity index is 655. The lowest BCUT2D eigenvalue weighted by molar-refractivity contribution is 0.0783. The lowest BCUT2D eigenvalue weighted by atomic mass is 9.94. The van der Waals surface area contributed by atoms with Crippen LogP contribution >= 0.6 is 23.2 Å². The molecular weight excluding hydrogens is 285 g/mol. The number of hydrogen-bond acceptors (Lipinski definition) is 3. The van der Waals surface area contributed by atoms with Gasteiger partial charge in [0.25, 0.3) is 0 Å². The van der Waals surface area contributed by atoms with Crippen LogP contribution in [0, 0.1) is 0 Å². The van der Waals surface area contributed by atoms with E-state index in [2.05, 4.69) is 18.8 Å². The Morgan fingerprint density at radius 1 is 1.42 bits per heavy atom. The molecule has 1 saturated heterocycles. The summed E-state index contributed by atoms with van der Waals surface area (Å²) in [5.74, 6) is 0.466. The summed E-state index contributed by atoms with van der Waals surface area (Å²) in [7, 11) is 0. The first-order valence-corrected chi connectivity index (χ1v) is 6.94. The maximum Gasteiger partial charge on any atom is 0.201 e. The molecule has 4 nitrogen and oxygen atoms in total. The molecule has 1 aromatic carbocycles. The van der Waals surface area contributed by atoms with E-state index in [-0.39, 0.29) is 11.6 Å². The molecular formula is C13H15Cl2N3O. The van der Waals surface area contributed by atoms with E-state index in [1.807, 2.05) is 10.6 Å². The number of fused-ring (bicyclic) bond motifs is 1. The SMILES string of the molecule is CC1OCCC1(C)n1c(N)nc2cc(Cl)c(Cl)cc21.